The van der Waals surface area contributed by atoms with Crippen molar-refractivity contribution in [2.75, 3.05) is 11.9 Å². The van der Waals surface area contributed by atoms with Crippen LogP contribution in [0.1, 0.15) is 36.6 Å². The lowest BCUT2D eigenvalue weighted by molar-refractivity contribution is -0.113. The van der Waals surface area contributed by atoms with Gasteiger partial charge in [0.15, 0.2) is 11.5 Å². The van der Waals surface area contributed by atoms with Gasteiger partial charge in [-0.2, -0.15) is 0 Å². The van der Waals surface area contributed by atoms with E-state index >= 15 is 0 Å². The second-order valence-corrected chi connectivity index (χ2v) is 7.00. The van der Waals surface area contributed by atoms with E-state index in [9.17, 15) is 14.7 Å². The van der Waals surface area contributed by atoms with Gasteiger partial charge in [0.1, 0.15) is 0 Å². The van der Waals surface area contributed by atoms with E-state index in [4.69, 9.17) is 4.74 Å². The van der Waals surface area contributed by atoms with Crippen molar-refractivity contribution >= 4 is 17.6 Å². The number of phenols is 1. The quantitative estimate of drug-likeness (QED) is 0.621. The molecule has 152 valence electrons. The van der Waals surface area contributed by atoms with Crippen LogP contribution in [0.25, 0.3) is 0 Å². The Morgan fingerprint density at radius 3 is 2.66 bits per heavy atom. The summed E-state index contributed by atoms with van der Waals surface area (Å²) in [5.41, 5.74) is 4.17. The van der Waals surface area contributed by atoms with Crippen LogP contribution in [0.4, 0.5) is 10.5 Å². The van der Waals surface area contributed by atoms with Crippen molar-refractivity contribution in [3.05, 3.63) is 64.4 Å². The van der Waals surface area contributed by atoms with Crippen LogP contribution in [0.15, 0.2) is 47.7 Å². The number of ether oxygens (including phenoxy) is 1. The number of carbonyl (C=O) groups excluding carboxylic acids is 2. The van der Waals surface area contributed by atoms with Gasteiger partial charge in [-0.3, -0.25) is 4.79 Å². The monoisotopic (exact) mass is 395 g/mol. The van der Waals surface area contributed by atoms with Gasteiger partial charge in [0.2, 0.25) is 0 Å². The number of hydrogen-bond donors (Lipinski definition) is 4. The van der Waals surface area contributed by atoms with Gasteiger partial charge >= 0.3 is 6.03 Å². The molecule has 0 aliphatic carbocycles. The zero-order valence-corrected chi connectivity index (χ0v) is 16.9. The predicted octanol–water partition coefficient (Wildman–Crippen LogP) is 3.67. The average Bonchev–Trinajstić information content (AvgIpc) is 2.66. The number of amides is 3. The van der Waals surface area contributed by atoms with E-state index in [1.165, 1.54) is 6.07 Å². The average molecular weight is 395 g/mol. The maximum atomic E-state index is 13.2. The number of benzene rings is 2. The molecular weight excluding hydrogens is 370 g/mol. The van der Waals surface area contributed by atoms with Crippen molar-refractivity contribution in [1.29, 1.82) is 0 Å². The van der Waals surface area contributed by atoms with Crippen LogP contribution in [-0.2, 0) is 4.79 Å². The van der Waals surface area contributed by atoms with Gasteiger partial charge in [-0.25, -0.2) is 4.79 Å². The zero-order chi connectivity index (χ0) is 21.1. The highest BCUT2D eigenvalue weighted by Gasteiger charge is 2.32. The Bertz CT molecular complexity index is 998. The second kappa shape index (κ2) is 8.26. The Labute approximate surface area is 169 Å². The van der Waals surface area contributed by atoms with Crippen LogP contribution in [0, 0.1) is 13.8 Å². The highest BCUT2D eigenvalue weighted by Crippen LogP contribution is 2.34. The summed E-state index contributed by atoms with van der Waals surface area (Å²) in [4.78, 5) is 25.3. The number of aromatic hydroxyl groups is 1. The number of urea groups is 1. The second-order valence-electron chi connectivity index (χ2n) is 7.00. The van der Waals surface area contributed by atoms with Crippen molar-refractivity contribution in [1.82, 2.24) is 10.6 Å². The van der Waals surface area contributed by atoms with Crippen LogP contribution < -0.4 is 20.7 Å². The van der Waals surface area contributed by atoms with E-state index in [0.29, 0.717) is 34.9 Å². The van der Waals surface area contributed by atoms with Crippen LogP contribution in [0.5, 0.6) is 11.5 Å². The first kappa shape index (κ1) is 20.3. The molecule has 0 bridgehead atoms. The molecule has 3 amide bonds. The molecule has 1 atom stereocenters. The number of carbonyl (C=O) groups is 2. The molecule has 1 unspecified atom stereocenters. The lowest BCUT2D eigenvalue weighted by Crippen LogP contribution is -2.46. The SMILES string of the molecule is CCOc1cc(C2NC(=O)NC(C)=C2C(=O)Nc2cc(C)ccc2C)ccc1O. The summed E-state index contributed by atoms with van der Waals surface area (Å²) in [5.74, 6) is -0.0256. The van der Waals surface area contributed by atoms with E-state index in [0.717, 1.165) is 11.1 Å². The van der Waals surface area contributed by atoms with Gasteiger partial charge in [-0.05, 0) is 62.6 Å². The van der Waals surface area contributed by atoms with E-state index in [1.807, 2.05) is 39.0 Å². The first-order chi connectivity index (χ1) is 13.8. The third kappa shape index (κ3) is 4.34. The number of anilines is 1. The Morgan fingerprint density at radius 2 is 1.93 bits per heavy atom. The van der Waals surface area contributed by atoms with Crippen molar-refractivity contribution in [3.8, 4) is 11.5 Å². The fourth-order valence-corrected chi connectivity index (χ4v) is 3.29. The molecule has 0 radical (unpaired) electrons. The molecule has 0 saturated carbocycles. The van der Waals surface area contributed by atoms with Gasteiger partial charge in [-0.1, -0.05) is 18.2 Å². The van der Waals surface area contributed by atoms with Gasteiger partial charge in [-0.15, -0.1) is 0 Å². The zero-order valence-electron chi connectivity index (χ0n) is 16.9. The number of allylic oxidation sites excluding steroid dienone is 1. The van der Waals surface area contributed by atoms with Crippen molar-refractivity contribution in [2.45, 2.75) is 33.7 Å². The first-order valence-electron chi connectivity index (χ1n) is 9.42. The molecule has 7 nitrogen and oxygen atoms in total. The minimum absolute atomic E-state index is 0.00190. The molecule has 7 heteroatoms. The Hall–Kier alpha value is -3.48. The standard InChI is InChI=1S/C22H25N3O4/c1-5-29-18-11-15(8-9-17(18)26)20-19(14(4)23-22(28)25-20)21(27)24-16-10-12(2)6-7-13(16)3/h6-11,20,26H,5H2,1-4H3,(H,24,27)(H2,23,25,28). The van der Waals surface area contributed by atoms with E-state index in [2.05, 4.69) is 16.0 Å². The van der Waals surface area contributed by atoms with Crippen molar-refractivity contribution in [2.24, 2.45) is 0 Å². The summed E-state index contributed by atoms with van der Waals surface area (Å²) in [6, 6.07) is 9.52. The van der Waals surface area contributed by atoms with Crippen molar-refractivity contribution < 1.29 is 19.4 Å². The summed E-state index contributed by atoms with van der Waals surface area (Å²) in [5, 5.41) is 18.4. The largest absolute Gasteiger partial charge is 0.504 e. The van der Waals surface area contributed by atoms with Crippen LogP contribution in [0.2, 0.25) is 0 Å². The third-order valence-electron chi connectivity index (χ3n) is 4.77. The fourth-order valence-electron chi connectivity index (χ4n) is 3.29. The molecule has 1 aliphatic rings. The summed E-state index contributed by atoms with van der Waals surface area (Å²) in [7, 11) is 0. The molecule has 0 saturated heterocycles. The summed E-state index contributed by atoms with van der Waals surface area (Å²) >= 11 is 0. The van der Waals surface area contributed by atoms with E-state index in [1.54, 1.807) is 19.1 Å². The number of hydrogen-bond acceptors (Lipinski definition) is 4. The number of rotatable bonds is 5. The molecule has 0 fully saturated rings. The molecule has 1 aliphatic heterocycles. The third-order valence-corrected chi connectivity index (χ3v) is 4.77. The number of aryl methyl sites for hydroxylation is 2. The minimum Gasteiger partial charge on any atom is -0.504 e. The normalized spacial score (nSPS) is 16.1. The summed E-state index contributed by atoms with van der Waals surface area (Å²) < 4.78 is 5.45. The minimum atomic E-state index is -0.686. The van der Waals surface area contributed by atoms with Gasteiger partial charge in [0, 0.05) is 11.4 Å². The summed E-state index contributed by atoms with van der Waals surface area (Å²) in [6.45, 7) is 7.75. The number of phenolic OH excluding ortho intramolecular Hbond substituents is 1. The molecule has 3 rings (SSSR count). The Morgan fingerprint density at radius 1 is 1.17 bits per heavy atom. The first-order valence-corrected chi connectivity index (χ1v) is 9.42. The molecule has 0 spiro atoms. The highest BCUT2D eigenvalue weighted by atomic mass is 16.5. The van der Waals surface area contributed by atoms with Crippen LogP contribution in [-0.4, -0.2) is 23.7 Å². The fraction of sp³-hybridized carbons (Fsp3) is 0.273. The van der Waals surface area contributed by atoms with Crippen LogP contribution in [0.3, 0.4) is 0 Å². The van der Waals surface area contributed by atoms with Crippen LogP contribution >= 0.6 is 0 Å². The van der Waals surface area contributed by atoms with E-state index in [-0.39, 0.29) is 11.7 Å². The Balaban J connectivity index is 1.99. The van der Waals surface area contributed by atoms with E-state index < -0.39 is 12.1 Å². The smallest absolute Gasteiger partial charge is 0.319 e. The highest BCUT2D eigenvalue weighted by molar-refractivity contribution is 6.07. The van der Waals surface area contributed by atoms with Gasteiger partial charge in [0.25, 0.3) is 5.91 Å². The van der Waals surface area contributed by atoms with Gasteiger partial charge < -0.3 is 25.8 Å². The topological polar surface area (TPSA) is 99.7 Å². The van der Waals surface area contributed by atoms with Gasteiger partial charge in [0.05, 0.1) is 18.2 Å². The molecule has 2 aromatic rings. The molecular formula is C22H25N3O4. The predicted molar refractivity (Wildman–Crippen MR) is 111 cm³/mol. The molecule has 1 heterocycles. The summed E-state index contributed by atoms with van der Waals surface area (Å²) in [6.07, 6.45) is 0. The molecule has 0 aromatic heterocycles. The molecule has 2 aromatic carbocycles. The maximum Gasteiger partial charge on any atom is 0.319 e. The Kier molecular flexibility index (Phi) is 5.77. The number of nitrogens with one attached hydrogen (secondary N) is 3. The lowest BCUT2D eigenvalue weighted by atomic mass is 9.94. The van der Waals surface area contributed by atoms with Crippen molar-refractivity contribution in [3.63, 3.8) is 0 Å². The molecule has 29 heavy (non-hydrogen) atoms. The lowest BCUT2D eigenvalue weighted by Gasteiger charge is -2.29. The maximum absolute atomic E-state index is 13.2. The molecule has 4 N–H and O–H groups in total.